The number of hydrogen-bond acceptors (Lipinski definition) is 5. The van der Waals surface area contributed by atoms with Crippen LogP contribution in [0.5, 0.6) is 5.75 Å². The molecular weight excluding hydrogens is 344 g/mol. The summed E-state index contributed by atoms with van der Waals surface area (Å²) in [7, 11) is -2.25. The summed E-state index contributed by atoms with van der Waals surface area (Å²) in [5.74, 6) is -0.213. The second-order valence-electron chi connectivity index (χ2n) is 5.65. The predicted octanol–water partition coefficient (Wildman–Crippen LogP) is 1.96. The van der Waals surface area contributed by atoms with E-state index in [1.807, 2.05) is 6.92 Å². The minimum Gasteiger partial charge on any atom is -0.495 e. The Morgan fingerprint density at radius 3 is 2.76 bits per heavy atom. The summed E-state index contributed by atoms with van der Waals surface area (Å²) in [4.78, 5) is 13.9. The van der Waals surface area contributed by atoms with Crippen LogP contribution in [0.1, 0.15) is 11.1 Å². The fourth-order valence-electron chi connectivity index (χ4n) is 2.56. The Bertz CT molecular complexity index is 1070. The molecule has 0 aliphatic carbocycles. The molecule has 0 amide bonds. The van der Waals surface area contributed by atoms with E-state index in [0.717, 1.165) is 11.1 Å². The number of nitrogens with one attached hydrogen (secondary N) is 2. The van der Waals surface area contributed by atoms with Crippen molar-refractivity contribution >= 4 is 21.1 Å². The van der Waals surface area contributed by atoms with Gasteiger partial charge in [0, 0.05) is 6.54 Å². The monoisotopic (exact) mass is 362 g/mol. The molecule has 0 saturated heterocycles. The number of H-pyrrole nitrogens is 1. The molecule has 0 aliphatic heterocycles. The summed E-state index contributed by atoms with van der Waals surface area (Å²) in [6.45, 7) is 2.03. The highest BCUT2D eigenvalue weighted by Crippen LogP contribution is 2.24. The minimum atomic E-state index is -3.69. The van der Waals surface area contributed by atoms with E-state index in [-0.39, 0.29) is 11.4 Å². The maximum Gasteiger partial charge on any atom is 0.417 e. The lowest BCUT2D eigenvalue weighted by Crippen LogP contribution is -2.26. The molecule has 1 heterocycles. The van der Waals surface area contributed by atoms with Gasteiger partial charge in [-0.2, -0.15) is 0 Å². The van der Waals surface area contributed by atoms with Gasteiger partial charge in [-0.15, -0.1) is 0 Å². The highest BCUT2D eigenvalue weighted by atomic mass is 32.2. The SMILES string of the molecule is COc1ccc(C)cc1S(=O)(=O)NCCc1ccc2oc(=O)[nH]c2c1. The fourth-order valence-corrected chi connectivity index (χ4v) is 3.84. The van der Waals surface area contributed by atoms with Crippen molar-refractivity contribution < 1.29 is 17.6 Å². The summed E-state index contributed by atoms with van der Waals surface area (Å²) in [5, 5.41) is 0. The average molecular weight is 362 g/mol. The van der Waals surface area contributed by atoms with Crippen molar-refractivity contribution in [3.63, 3.8) is 0 Å². The molecule has 0 bridgehead atoms. The number of aryl methyl sites for hydroxylation is 1. The highest BCUT2D eigenvalue weighted by molar-refractivity contribution is 7.89. The number of hydrogen-bond donors (Lipinski definition) is 2. The Balaban J connectivity index is 1.73. The molecule has 2 aromatic carbocycles. The molecule has 2 N–H and O–H groups in total. The number of rotatable bonds is 6. The van der Waals surface area contributed by atoms with Crippen LogP contribution < -0.4 is 15.2 Å². The zero-order chi connectivity index (χ0) is 18.0. The number of fused-ring (bicyclic) bond motifs is 1. The molecule has 0 saturated carbocycles. The Kier molecular flexibility index (Phi) is 4.65. The fraction of sp³-hybridized carbons (Fsp3) is 0.235. The van der Waals surface area contributed by atoms with E-state index in [1.54, 1.807) is 36.4 Å². The van der Waals surface area contributed by atoms with Crippen molar-refractivity contribution in [2.24, 2.45) is 0 Å². The molecule has 25 heavy (non-hydrogen) atoms. The molecule has 0 fully saturated rings. The lowest BCUT2D eigenvalue weighted by Gasteiger charge is -2.11. The first-order chi connectivity index (χ1) is 11.9. The largest absolute Gasteiger partial charge is 0.495 e. The first-order valence-corrected chi connectivity index (χ1v) is 9.13. The van der Waals surface area contributed by atoms with Gasteiger partial charge >= 0.3 is 5.76 Å². The molecule has 0 aliphatic rings. The molecule has 0 spiro atoms. The van der Waals surface area contributed by atoms with Gasteiger partial charge in [-0.25, -0.2) is 17.9 Å². The van der Waals surface area contributed by atoms with Crippen LogP contribution in [-0.4, -0.2) is 27.1 Å². The maximum atomic E-state index is 12.5. The van der Waals surface area contributed by atoms with Crippen molar-refractivity contribution in [1.82, 2.24) is 9.71 Å². The zero-order valence-corrected chi connectivity index (χ0v) is 14.6. The van der Waals surface area contributed by atoms with Crippen molar-refractivity contribution in [3.05, 3.63) is 58.1 Å². The predicted molar refractivity (Wildman–Crippen MR) is 93.5 cm³/mol. The van der Waals surface area contributed by atoms with E-state index >= 15 is 0 Å². The van der Waals surface area contributed by atoms with Crippen LogP contribution in [0.4, 0.5) is 0 Å². The Morgan fingerprint density at radius 1 is 1.20 bits per heavy atom. The number of aromatic amines is 1. The smallest absolute Gasteiger partial charge is 0.417 e. The normalized spacial score (nSPS) is 11.8. The highest BCUT2D eigenvalue weighted by Gasteiger charge is 2.19. The van der Waals surface area contributed by atoms with Crippen molar-refractivity contribution in [1.29, 1.82) is 0 Å². The Morgan fingerprint density at radius 2 is 2.00 bits per heavy atom. The van der Waals surface area contributed by atoms with Crippen molar-refractivity contribution in [2.75, 3.05) is 13.7 Å². The van der Waals surface area contributed by atoms with Gasteiger partial charge in [-0.05, 0) is 48.7 Å². The molecule has 7 nitrogen and oxygen atoms in total. The molecule has 8 heteroatoms. The average Bonchev–Trinajstić information content (AvgIpc) is 2.94. The minimum absolute atomic E-state index is 0.115. The number of methoxy groups -OCH3 is 1. The van der Waals surface area contributed by atoms with Crippen LogP contribution in [-0.2, 0) is 16.4 Å². The molecule has 3 rings (SSSR count). The zero-order valence-electron chi connectivity index (χ0n) is 13.8. The molecule has 0 radical (unpaired) electrons. The van der Waals surface area contributed by atoms with E-state index in [0.29, 0.717) is 23.3 Å². The number of oxazole rings is 1. The van der Waals surface area contributed by atoms with Gasteiger partial charge < -0.3 is 9.15 Å². The van der Waals surface area contributed by atoms with Crippen LogP contribution in [0.25, 0.3) is 11.1 Å². The Labute approximate surface area is 144 Å². The van der Waals surface area contributed by atoms with Gasteiger partial charge in [0.25, 0.3) is 0 Å². The van der Waals surface area contributed by atoms with E-state index in [2.05, 4.69) is 9.71 Å². The van der Waals surface area contributed by atoms with Crippen LogP contribution in [0.15, 0.2) is 50.5 Å². The molecule has 0 atom stereocenters. The molecule has 1 aromatic heterocycles. The second kappa shape index (κ2) is 6.73. The summed E-state index contributed by atoms with van der Waals surface area (Å²) < 4.78 is 37.7. The first kappa shape index (κ1) is 17.2. The van der Waals surface area contributed by atoms with Crippen molar-refractivity contribution in [3.8, 4) is 5.75 Å². The lowest BCUT2D eigenvalue weighted by atomic mass is 10.1. The van der Waals surface area contributed by atoms with Gasteiger partial charge in [-0.1, -0.05) is 12.1 Å². The quantitative estimate of drug-likeness (QED) is 0.698. The third-order valence-corrected chi connectivity index (χ3v) is 5.28. The van der Waals surface area contributed by atoms with Gasteiger partial charge in [-0.3, -0.25) is 4.98 Å². The third-order valence-electron chi connectivity index (χ3n) is 3.80. The number of aromatic nitrogens is 1. The van der Waals surface area contributed by atoms with E-state index < -0.39 is 15.8 Å². The van der Waals surface area contributed by atoms with Crippen LogP contribution in [0.2, 0.25) is 0 Å². The summed E-state index contributed by atoms with van der Waals surface area (Å²) in [5.41, 5.74) is 2.77. The van der Waals surface area contributed by atoms with E-state index in [9.17, 15) is 13.2 Å². The van der Waals surface area contributed by atoms with Gasteiger partial charge in [0.1, 0.15) is 10.6 Å². The second-order valence-corrected chi connectivity index (χ2v) is 7.38. The van der Waals surface area contributed by atoms with Gasteiger partial charge in [0.05, 0.1) is 12.6 Å². The summed E-state index contributed by atoms with van der Waals surface area (Å²) in [6, 6.07) is 10.2. The van der Waals surface area contributed by atoms with Crippen LogP contribution >= 0.6 is 0 Å². The third kappa shape index (κ3) is 3.75. The van der Waals surface area contributed by atoms with Crippen LogP contribution in [0.3, 0.4) is 0 Å². The van der Waals surface area contributed by atoms with Crippen molar-refractivity contribution in [2.45, 2.75) is 18.2 Å². The maximum absolute atomic E-state index is 12.5. The number of ether oxygens (including phenoxy) is 1. The van der Waals surface area contributed by atoms with E-state index in [1.165, 1.54) is 7.11 Å². The van der Waals surface area contributed by atoms with Gasteiger partial charge in [0.2, 0.25) is 10.0 Å². The molecule has 3 aromatic rings. The standard InChI is InChI=1S/C17H18N2O5S/c1-11-3-5-15(23-2)16(9-11)25(21,22)18-8-7-12-4-6-14-13(10-12)19-17(20)24-14/h3-6,9-10,18H,7-8H2,1-2H3,(H,19,20). The molecular formula is C17H18N2O5S. The summed E-state index contributed by atoms with van der Waals surface area (Å²) in [6.07, 6.45) is 0.469. The first-order valence-electron chi connectivity index (χ1n) is 7.65. The molecule has 132 valence electrons. The Hall–Kier alpha value is -2.58. The van der Waals surface area contributed by atoms with E-state index in [4.69, 9.17) is 9.15 Å². The lowest BCUT2D eigenvalue weighted by molar-refractivity contribution is 0.402. The topological polar surface area (TPSA) is 101 Å². The number of benzene rings is 2. The van der Waals surface area contributed by atoms with Crippen LogP contribution in [0, 0.1) is 6.92 Å². The summed E-state index contributed by atoms with van der Waals surface area (Å²) >= 11 is 0. The van der Waals surface area contributed by atoms with Gasteiger partial charge in [0.15, 0.2) is 5.58 Å². The number of sulfonamides is 1. The molecule has 0 unspecified atom stereocenters.